The third-order valence-electron chi connectivity index (χ3n) is 0.864. The largest absolute Gasteiger partial charge is 0.466 e. The van der Waals surface area contributed by atoms with E-state index in [9.17, 15) is 0 Å². The van der Waals surface area contributed by atoms with E-state index in [4.69, 9.17) is 33.5 Å². The van der Waals surface area contributed by atoms with Crippen LogP contribution in [-0.2, 0) is 18.8 Å². The molecular weight excluding hydrogens is 215 g/mol. The summed E-state index contributed by atoms with van der Waals surface area (Å²) in [6, 6.07) is 0. The van der Waals surface area contributed by atoms with Crippen LogP contribution in [0.1, 0.15) is 0 Å². The molecule has 0 aromatic heterocycles. The van der Waals surface area contributed by atoms with Gasteiger partial charge in [0, 0.05) is 14.2 Å². The Morgan fingerprint density at radius 3 is 1.43 bits per heavy atom. The van der Waals surface area contributed by atoms with Crippen LogP contribution in [0.5, 0.6) is 0 Å². The van der Waals surface area contributed by atoms with Crippen molar-refractivity contribution in [2.75, 3.05) is 40.6 Å². The van der Waals surface area contributed by atoms with Gasteiger partial charge < -0.3 is 28.9 Å². The Kier molecular flexibility index (Phi) is 13.0. The highest BCUT2D eigenvalue weighted by atomic mass is 31.2. The van der Waals surface area contributed by atoms with Crippen LogP contribution in [0, 0.1) is 0 Å². The first-order valence-electron chi connectivity index (χ1n) is 3.75. The number of hydrogen-bond donors (Lipinski definition) is 3. The van der Waals surface area contributed by atoms with E-state index in [1.165, 1.54) is 0 Å². The molecule has 88 valence electrons. The lowest BCUT2D eigenvalue weighted by Crippen LogP contribution is -2.06. The number of methoxy groups -OCH3 is 2. The number of rotatable bonds is 6. The summed E-state index contributed by atoms with van der Waals surface area (Å²) in [4.78, 5) is 21.6. The molecule has 0 bridgehead atoms. The molecule has 0 aliphatic rings. The summed E-state index contributed by atoms with van der Waals surface area (Å²) in [5.74, 6) is 0. The molecule has 0 amide bonds. The van der Waals surface area contributed by atoms with E-state index in [0.29, 0.717) is 26.4 Å². The van der Waals surface area contributed by atoms with Gasteiger partial charge in [0.2, 0.25) is 0 Å². The van der Waals surface area contributed by atoms with E-state index in [2.05, 4.69) is 0 Å². The van der Waals surface area contributed by atoms with Gasteiger partial charge >= 0.3 is 7.82 Å². The van der Waals surface area contributed by atoms with E-state index >= 15 is 0 Å². The molecule has 0 spiro atoms. The van der Waals surface area contributed by atoms with Crippen LogP contribution < -0.4 is 0 Å². The molecule has 0 fully saturated rings. The van der Waals surface area contributed by atoms with Crippen LogP contribution >= 0.6 is 7.82 Å². The van der Waals surface area contributed by atoms with Crippen molar-refractivity contribution >= 4 is 7.82 Å². The fourth-order valence-electron chi connectivity index (χ4n) is 0.387. The van der Waals surface area contributed by atoms with Gasteiger partial charge in [0.1, 0.15) is 0 Å². The van der Waals surface area contributed by atoms with Gasteiger partial charge in [0.15, 0.2) is 0 Å². The highest BCUT2D eigenvalue weighted by Crippen LogP contribution is 2.25. The number of ether oxygens (including phenoxy) is 3. The average Bonchev–Trinajstić information content (AvgIpc) is 2.01. The van der Waals surface area contributed by atoms with Crippen molar-refractivity contribution in [3.8, 4) is 0 Å². The topological polar surface area (TPSA) is 105 Å². The Morgan fingerprint density at radius 2 is 1.21 bits per heavy atom. The summed E-state index contributed by atoms with van der Waals surface area (Å²) < 4.78 is 23.5. The molecule has 0 rings (SSSR count). The summed E-state index contributed by atoms with van der Waals surface area (Å²) >= 11 is 0. The zero-order valence-electron chi connectivity index (χ0n) is 8.25. The zero-order valence-corrected chi connectivity index (χ0v) is 9.14. The summed E-state index contributed by atoms with van der Waals surface area (Å²) in [5.41, 5.74) is 0. The summed E-state index contributed by atoms with van der Waals surface area (Å²) in [5, 5.41) is 0. The molecule has 0 radical (unpaired) electrons. The Labute approximate surface area is 82.8 Å². The van der Waals surface area contributed by atoms with Crippen molar-refractivity contribution in [1.29, 1.82) is 0 Å². The Balaban J connectivity index is 0. The fourth-order valence-corrected chi connectivity index (χ4v) is 0.387. The fraction of sp³-hybridized carbons (Fsp3) is 1.00. The Bertz CT molecular complexity index is 131. The quantitative estimate of drug-likeness (QED) is 0.413. The predicted octanol–water partition coefficient (Wildman–Crippen LogP) is -0.633. The van der Waals surface area contributed by atoms with Crippen molar-refractivity contribution in [3.05, 3.63) is 0 Å². The highest BCUT2D eigenvalue weighted by Gasteiger charge is 2.00. The standard InChI is InChI=1S/C6H14O3.H3O4P/c1-7-3-5-9-6-4-8-2;1-5(2,3)4/h3-6H2,1-2H3;(H3,1,2,3,4). The minimum Gasteiger partial charge on any atom is -0.382 e. The molecule has 0 aliphatic carbocycles. The van der Waals surface area contributed by atoms with Crippen LogP contribution in [0.15, 0.2) is 0 Å². The van der Waals surface area contributed by atoms with E-state index in [1.807, 2.05) is 0 Å². The van der Waals surface area contributed by atoms with Crippen LogP contribution in [0.3, 0.4) is 0 Å². The maximum absolute atomic E-state index is 8.88. The monoisotopic (exact) mass is 232 g/mol. The lowest BCUT2D eigenvalue weighted by atomic mass is 10.7. The first kappa shape index (κ1) is 16.4. The molecule has 0 saturated heterocycles. The van der Waals surface area contributed by atoms with E-state index in [0.717, 1.165) is 0 Å². The van der Waals surface area contributed by atoms with Gasteiger partial charge in [-0.3, -0.25) is 0 Å². The average molecular weight is 232 g/mol. The van der Waals surface area contributed by atoms with E-state index in [1.54, 1.807) is 14.2 Å². The highest BCUT2D eigenvalue weighted by molar-refractivity contribution is 7.45. The second kappa shape index (κ2) is 11.1. The van der Waals surface area contributed by atoms with Gasteiger partial charge in [0.25, 0.3) is 0 Å². The molecule has 0 aromatic carbocycles. The molecule has 0 saturated carbocycles. The van der Waals surface area contributed by atoms with Gasteiger partial charge in [-0.1, -0.05) is 0 Å². The summed E-state index contributed by atoms with van der Waals surface area (Å²) in [7, 11) is -1.33. The Morgan fingerprint density at radius 1 is 0.929 bits per heavy atom. The van der Waals surface area contributed by atoms with Gasteiger partial charge in [-0.2, -0.15) is 0 Å². The normalized spacial score (nSPS) is 10.6. The second-order valence-electron chi connectivity index (χ2n) is 2.11. The maximum atomic E-state index is 8.88. The van der Waals surface area contributed by atoms with Gasteiger partial charge in [-0.05, 0) is 0 Å². The van der Waals surface area contributed by atoms with Crippen LogP contribution in [0.25, 0.3) is 0 Å². The van der Waals surface area contributed by atoms with Crippen molar-refractivity contribution in [2.24, 2.45) is 0 Å². The first-order valence-corrected chi connectivity index (χ1v) is 5.32. The smallest absolute Gasteiger partial charge is 0.382 e. The van der Waals surface area contributed by atoms with Gasteiger partial charge in [0.05, 0.1) is 26.4 Å². The molecule has 0 aromatic rings. The molecule has 0 unspecified atom stereocenters. The molecule has 3 N–H and O–H groups in total. The predicted molar refractivity (Wildman–Crippen MR) is 48.8 cm³/mol. The van der Waals surface area contributed by atoms with Crippen molar-refractivity contribution in [1.82, 2.24) is 0 Å². The van der Waals surface area contributed by atoms with Crippen molar-refractivity contribution < 1.29 is 33.5 Å². The molecule has 0 heterocycles. The molecule has 8 heteroatoms. The molecular formula is C6H17O7P. The molecule has 7 nitrogen and oxygen atoms in total. The maximum Gasteiger partial charge on any atom is 0.466 e. The third kappa shape index (κ3) is 40.4. The molecule has 14 heavy (non-hydrogen) atoms. The summed E-state index contributed by atoms with van der Waals surface area (Å²) in [6.45, 7) is 2.62. The lowest BCUT2D eigenvalue weighted by molar-refractivity contribution is 0.0385. The van der Waals surface area contributed by atoms with Gasteiger partial charge in [-0.15, -0.1) is 0 Å². The summed E-state index contributed by atoms with van der Waals surface area (Å²) in [6.07, 6.45) is 0. The van der Waals surface area contributed by atoms with Crippen molar-refractivity contribution in [3.63, 3.8) is 0 Å². The molecule has 0 atom stereocenters. The second-order valence-corrected chi connectivity index (χ2v) is 3.14. The zero-order chi connectivity index (χ0) is 11.4. The van der Waals surface area contributed by atoms with E-state index in [-0.39, 0.29) is 0 Å². The third-order valence-corrected chi connectivity index (χ3v) is 0.864. The SMILES string of the molecule is COCCOCCOC.O=P(O)(O)O. The molecule has 0 aliphatic heterocycles. The van der Waals surface area contributed by atoms with Gasteiger partial charge in [-0.25, -0.2) is 4.57 Å². The van der Waals surface area contributed by atoms with Crippen molar-refractivity contribution in [2.45, 2.75) is 0 Å². The van der Waals surface area contributed by atoms with Crippen LogP contribution in [0.2, 0.25) is 0 Å². The minimum absolute atomic E-state index is 0.653. The van der Waals surface area contributed by atoms with Crippen LogP contribution in [-0.4, -0.2) is 55.3 Å². The number of hydrogen-bond acceptors (Lipinski definition) is 4. The first-order chi connectivity index (χ1) is 6.41. The Hall–Kier alpha value is -0.0100. The van der Waals surface area contributed by atoms with E-state index < -0.39 is 7.82 Å². The lowest BCUT2D eigenvalue weighted by Gasteiger charge is -2.00. The van der Waals surface area contributed by atoms with Crippen LogP contribution in [0.4, 0.5) is 0 Å². The number of phosphoric acid groups is 1. The minimum atomic E-state index is -4.64.